The normalized spacial score (nSPS) is 18.5. The first-order valence-electron chi connectivity index (χ1n) is 7.93. The minimum atomic E-state index is -0.258. The van der Waals surface area contributed by atoms with Crippen molar-refractivity contribution >= 4 is 11.7 Å². The van der Waals surface area contributed by atoms with E-state index in [0.717, 1.165) is 12.1 Å². The third-order valence-corrected chi connectivity index (χ3v) is 3.94. The highest BCUT2D eigenvalue weighted by Gasteiger charge is 2.22. The van der Waals surface area contributed by atoms with Crippen molar-refractivity contribution in [1.29, 1.82) is 0 Å². The lowest BCUT2D eigenvalue weighted by Crippen LogP contribution is -2.39. The van der Waals surface area contributed by atoms with Gasteiger partial charge in [-0.05, 0) is 24.6 Å². The molecule has 0 spiro atoms. The Kier molecular flexibility index (Phi) is 5.22. The highest BCUT2D eigenvalue weighted by Crippen LogP contribution is 2.22. The van der Waals surface area contributed by atoms with E-state index in [-0.39, 0.29) is 17.8 Å². The molecule has 0 saturated carbocycles. The van der Waals surface area contributed by atoms with Gasteiger partial charge < -0.3 is 14.6 Å². The molecule has 2 heterocycles. The second-order valence-electron chi connectivity index (χ2n) is 5.83. The number of carbonyl (C=O) groups excluding carboxylic acids is 1. The van der Waals surface area contributed by atoms with Crippen molar-refractivity contribution < 1.29 is 18.4 Å². The number of hydrogen-bond acceptors (Lipinski definition) is 5. The molecule has 0 unspecified atom stereocenters. The van der Waals surface area contributed by atoms with Gasteiger partial charge in [0.25, 0.3) is 0 Å². The summed E-state index contributed by atoms with van der Waals surface area (Å²) in [7, 11) is 0. The van der Waals surface area contributed by atoms with Gasteiger partial charge in [-0.1, -0.05) is 17.3 Å². The number of nitrogens with zero attached hydrogens (tertiary/aromatic N) is 2. The number of carbonyl (C=O) groups is 1. The standard InChI is InChI=1S/C17H20FN3O3/c1-12-10-16(20-24-12)19-17(22)6-7-21-8-9-23-15(11-21)13-2-4-14(18)5-3-13/h2-5,10,15H,6-9,11H2,1H3,(H,19,20,22)/t15-/m0/s1. The molecule has 0 bridgehead atoms. The van der Waals surface area contributed by atoms with Gasteiger partial charge >= 0.3 is 0 Å². The Morgan fingerprint density at radius 1 is 1.42 bits per heavy atom. The van der Waals surface area contributed by atoms with Crippen LogP contribution in [0.15, 0.2) is 34.9 Å². The number of morpholine rings is 1. The average molecular weight is 333 g/mol. The van der Waals surface area contributed by atoms with Crippen LogP contribution in [0.3, 0.4) is 0 Å². The van der Waals surface area contributed by atoms with E-state index in [0.29, 0.717) is 37.7 Å². The summed E-state index contributed by atoms with van der Waals surface area (Å²) in [6.45, 7) is 4.44. The van der Waals surface area contributed by atoms with Gasteiger partial charge in [0.15, 0.2) is 5.82 Å². The number of halogens is 1. The zero-order chi connectivity index (χ0) is 16.9. The predicted molar refractivity (Wildman–Crippen MR) is 86.0 cm³/mol. The summed E-state index contributed by atoms with van der Waals surface area (Å²) in [5, 5.41) is 6.45. The summed E-state index contributed by atoms with van der Waals surface area (Å²) in [4.78, 5) is 14.1. The summed E-state index contributed by atoms with van der Waals surface area (Å²) < 4.78 is 23.7. The van der Waals surface area contributed by atoms with E-state index in [2.05, 4.69) is 15.4 Å². The van der Waals surface area contributed by atoms with E-state index >= 15 is 0 Å². The Bertz CT molecular complexity index is 687. The molecule has 0 radical (unpaired) electrons. The topological polar surface area (TPSA) is 67.6 Å². The monoisotopic (exact) mass is 333 g/mol. The van der Waals surface area contributed by atoms with Crippen LogP contribution in [0.2, 0.25) is 0 Å². The number of amides is 1. The van der Waals surface area contributed by atoms with Gasteiger partial charge in [-0.15, -0.1) is 0 Å². The van der Waals surface area contributed by atoms with E-state index in [1.165, 1.54) is 12.1 Å². The maximum Gasteiger partial charge on any atom is 0.226 e. The molecule has 1 fully saturated rings. The fraction of sp³-hybridized carbons (Fsp3) is 0.412. The van der Waals surface area contributed by atoms with Crippen LogP contribution in [0.25, 0.3) is 0 Å². The van der Waals surface area contributed by atoms with Crippen LogP contribution in [0, 0.1) is 12.7 Å². The number of nitrogens with one attached hydrogen (secondary N) is 1. The average Bonchev–Trinajstić information content (AvgIpc) is 2.99. The van der Waals surface area contributed by atoms with Crippen molar-refractivity contribution in [2.24, 2.45) is 0 Å². The first-order valence-corrected chi connectivity index (χ1v) is 7.93. The predicted octanol–water partition coefficient (Wildman–Crippen LogP) is 2.52. The summed E-state index contributed by atoms with van der Waals surface area (Å²) in [5.41, 5.74) is 0.948. The second kappa shape index (κ2) is 7.55. The highest BCUT2D eigenvalue weighted by molar-refractivity contribution is 5.89. The Morgan fingerprint density at radius 2 is 2.21 bits per heavy atom. The fourth-order valence-corrected chi connectivity index (χ4v) is 2.68. The van der Waals surface area contributed by atoms with E-state index in [1.54, 1.807) is 25.1 Å². The van der Waals surface area contributed by atoms with Crippen LogP contribution in [-0.4, -0.2) is 42.2 Å². The van der Waals surface area contributed by atoms with Crippen molar-refractivity contribution in [2.45, 2.75) is 19.4 Å². The minimum Gasteiger partial charge on any atom is -0.371 e. The molecule has 1 saturated heterocycles. The van der Waals surface area contributed by atoms with Gasteiger partial charge in [-0.25, -0.2) is 4.39 Å². The number of rotatable bonds is 5. The molecule has 24 heavy (non-hydrogen) atoms. The molecule has 0 aliphatic carbocycles. The minimum absolute atomic E-state index is 0.0967. The van der Waals surface area contributed by atoms with Gasteiger partial charge in [-0.3, -0.25) is 9.69 Å². The van der Waals surface area contributed by atoms with Crippen LogP contribution in [-0.2, 0) is 9.53 Å². The quantitative estimate of drug-likeness (QED) is 0.911. The molecule has 6 nitrogen and oxygen atoms in total. The summed E-state index contributed by atoms with van der Waals surface area (Å²) >= 11 is 0. The number of anilines is 1. The maximum atomic E-state index is 13.0. The summed E-state index contributed by atoms with van der Waals surface area (Å²) in [6, 6.07) is 8.03. The Labute approximate surface area is 139 Å². The Morgan fingerprint density at radius 3 is 2.92 bits per heavy atom. The Hall–Kier alpha value is -2.25. The van der Waals surface area contributed by atoms with Crippen molar-refractivity contribution in [2.75, 3.05) is 31.6 Å². The molecule has 1 aliphatic rings. The summed E-state index contributed by atoms with van der Waals surface area (Å²) in [5.74, 6) is 0.726. The number of benzene rings is 1. The number of hydrogen-bond donors (Lipinski definition) is 1. The summed E-state index contributed by atoms with van der Waals surface area (Å²) in [6.07, 6.45) is 0.266. The number of ether oxygens (including phenoxy) is 1. The first-order chi connectivity index (χ1) is 11.6. The van der Waals surface area contributed by atoms with Gasteiger partial charge in [0.2, 0.25) is 5.91 Å². The van der Waals surface area contributed by atoms with E-state index in [4.69, 9.17) is 9.26 Å². The smallest absolute Gasteiger partial charge is 0.226 e. The van der Waals surface area contributed by atoms with Crippen LogP contribution in [0.4, 0.5) is 10.2 Å². The molecule has 1 aliphatic heterocycles. The van der Waals surface area contributed by atoms with E-state index in [1.807, 2.05) is 0 Å². The van der Waals surface area contributed by atoms with E-state index in [9.17, 15) is 9.18 Å². The lowest BCUT2D eigenvalue weighted by atomic mass is 10.1. The molecular weight excluding hydrogens is 313 g/mol. The van der Waals surface area contributed by atoms with Gasteiger partial charge in [0.1, 0.15) is 11.6 Å². The third-order valence-electron chi connectivity index (χ3n) is 3.94. The molecule has 7 heteroatoms. The molecule has 1 aromatic carbocycles. The number of aryl methyl sites for hydroxylation is 1. The van der Waals surface area contributed by atoms with Gasteiger partial charge in [0, 0.05) is 32.1 Å². The molecule has 128 valence electrons. The van der Waals surface area contributed by atoms with Crippen LogP contribution < -0.4 is 5.32 Å². The second-order valence-corrected chi connectivity index (χ2v) is 5.83. The van der Waals surface area contributed by atoms with Crippen molar-refractivity contribution in [3.8, 4) is 0 Å². The van der Waals surface area contributed by atoms with Crippen molar-refractivity contribution in [1.82, 2.24) is 10.1 Å². The van der Waals surface area contributed by atoms with Crippen LogP contribution in [0.1, 0.15) is 23.8 Å². The molecule has 1 atom stereocenters. The lowest BCUT2D eigenvalue weighted by molar-refractivity contribution is -0.117. The maximum absolute atomic E-state index is 13.0. The highest BCUT2D eigenvalue weighted by atomic mass is 19.1. The van der Waals surface area contributed by atoms with Gasteiger partial charge in [0.05, 0.1) is 12.7 Å². The molecule has 3 rings (SSSR count). The zero-order valence-corrected chi connectivity index (χ0v) is 13.5. The van der Waals surface area contributed by atoms with Crippen LogP contribution in [0.5, 0.6) is 0 Å². The molecule has 1 aromatic heterocycles. The molecule has 2 aromatic rings. The molecular formula is C17H20FN3O3. The molecule has 1 N–H and O–H groups in total. The largest absolute Gasteiger partial charge is 0.371 e. The van der Waals surface area contributed by atoms with Gasteiger partial charge in [-0.2, -0.15) is 0 Å². The van der Waals surface area contributed by atoms with Crippen LogP contribution >= 0.6 is 0 Å². The Balaban J connectivity index is 1.48. The molecule has 1 amide bonds. The van der Waals surface area contributed by atoms with E-state index < -0.39 is 0 Å². The zero-order valence-electron chi connectivity index (χ0n) is 13.5. The lowest BCUT2D eigenvalue weighted by Gasteiger charge is -2.33. The third kappa shape index (κ3) is 4.39. The van der Waals surface area contributed by atoms with Crippen molar-refractivity contribution in [3.63, 3.8) is 0 Å². The number of aromatic nitrogens is 1. The fourth-order valence-electron chi connectivity index (χ4n) is 2.68. The first kappa shape index (κ1) is 16.6. The van der Waals surface area contributed by atoms with Crippen molar-refractivity contribution in [3.05, 3.63) is 47.5 Å². The SMILES string of the molecule is Cc1cc(NC(=O)CCN2CCO[C@H](c3ccc(F)cc3)C2)no1.